The molecule has 0 bridgehead atoms. The van der Waals surface area contributed by atoms with E-state index in [4.69, 9.17) is 16.3 Å². The lowest BCUT2D eigenvalue weighted by Crippen LogP contribution is -2.19. The molecule has 0 aliphatic carbocycles. The smallest absolute Gasteiger partial charge is 0.122 e. The SMILES string of the molecule is CNC(Cc1cc(Br)ccc1OC)c1ccc(C)c(Cl)c1. The molecule has 1 unspecified atom stereocenters. The van der Waals surface area contributed by atoms with Crippen molar-refractivity contribution in [3.63, 3.8) is 0 Å². The normalized spacial score (nSPS) is 12.2. The van der Waals surface area contributed by atoms with Gasteiger partial charge in [0, 0.05) is 15.5 Å². The van der Waals surface area contributed by atoms with Gasteiger partial charge >= 0.3 is 0 Å². The van der Waals surface area contributed by atoms with Crippen LogP contribution in [0.3, 0.4) is 0 Å². The Morgan fingerprint density at radius 1 is 1.24 bits per heavy atom. The zero-order valence-corrected chi connectivity index (χ0v) is 14.8. The van der Waals surface area contributed by atoms with Crippen LogP contribution in [0.4, 0.5) is 0 Å². The van der Waals surface area contributed by atoms with Gasteiger partial charge in [-0.15, -0.1) is 0 Å². The van der Waals surface area contributed by atoms with Crippen LogP contribution in [-0.2, 0) is 6.42 Å². The third-order valence-corrected chi connectivity index (χ3v) is 4.51. The van der Waals surface area contributed by atoms with E-state index in [2.05, 4.69) is 39.4 Å². The topological polar surface area (TPSA) is 21.3 Å². The van der Waals surface area contributed by atoms with E-state index >= 15 is 0 Å². The quantitative estimate of drug-likeness (QED) is 0.808. The first-order chi connectivity index (χ1) is 10.0. The molecule has 4 heteroatoms. The number of rotatable bonds is 5. The summed E-state index contributed by atoms with van der Waals surface area (Å²) in [5, 5.41) is 4.15. The predicted octanol–water partition coefficient (Wildman–Crippen LogP) is 4.92. The first-order valence-corrected chi connectivity index (χ1v) is 7.98. The summed E-state index contributed by atoms with van der Waals surface area (Å²) in [7, 11) is 3.66. The molecule has 0 fully saturated rings. The van der Waals surface area contributed by atoms with Crippen LogP contribution in [-0.4, -0.2) is 14.2 Å². The number of methoxy groups -OCH3 is 1. The van der Waals surface area contributed by atoms with Crippen molar-refractivity contribution in [1.29, 1.82) is 0 Å². The van der Waals surface area contributed by atoms with Crippen LogP contribution in [0.1, 0.15) is 22.7 Å². The van der Waals surface area contributed by atoms with Gasteiger partial charge in [-0.2, -0.15) is 0 Å². The van der Waals surface area contributed by atoms with Gasteiger partial charge in [-0.05, 0) is 61.3 Å². The van der Waals surface area contributed by atoms with Crippen LogP contribution in [0.15, 0.2) is 40.9 Å². The molecule has 1 atom stereocenters. The molecular formula is C17H19BrClNO. The van der Waals surface area contributed by atoms with Crippen molar-refractivity contribution >= 4 is 27.5 Å². The van der Waals surface area contributed by atoms with E-state index in [0.29, 0.717) is 0 Å². The second-order valence-electron chi connectivity index (χ2n) is 5.01. The van der Waals surface area contributed by atoms with Gasteiger partial charge in [-0.1, -0.05) is 39.7 Å². The molecule has 21 heavy (non-hydrogen) atoms. The molecule has 112 valence electrons. The van der Waals surface area contributed by atoms with E-state index < -0.39 is 0 Å². The largest absolute Gasteiger partial charge is 0.496 e. The van der Waals surface area contributed by atoms with Gasteiger partial charge in [-0.3, -0.25) is 0 Å². The maximum absolute atomic E-state index is 6.24. The average Bonchev–Trinajstić information content (AvgIpc) is 2.48. The molecule has 0 aliphatic rings. The molecular weight excluding hydrogens is 350 g/mol. The molecule has 2 nitrogen and oxygen atoms in total. The zero-order valence-electron chi connectivity index (χ0n) is 12.4. The molecule has 0 saturated carbocycles. The molecule has 0 amide bonds. The Hall–Kier alpha value is -1.03. The summed E-state index contributed by atoms with van der Waals surface area (Å²) in [5.74, 6) is 0.900. The van der Waals surface area contributed by atoms with Gasteiger partial charge in [-0.25, -0.2) is 0 Å². The summed E-state index contributed by atoms with van der Waals surface area (Å²) in [6.45, 7) is 2.01. The number of hydrogen-bond donors (Lipinski definition) is 1. The Morgan fingerprint density at radius 2 is 2.00 bits per heavy atom. The first kappa shape index (κ1) is 16.3. The lowest BCUT2D eigenvalue weighted by molar-refractivity contribution is 0.406. The molecule has 2 rings (SSSR count). The van der Waals surface area contributed by atoms with Gasteiger partial charge in [0.15, 0.2) is 0 Å². The van der Waals surface area contributed by atoms with Crippen LogP contribution in [0.5, 0.6) is 5.75 Å². The molecule has 0 aromatic heterocycles. The van der Waals surface area contributed by atoms with Crippen LogP contribution in [0.2, 0.25) is 5.02 Å². The maximum atomic E-state index is 6.24. The maximum Gasteiger partial charge on any atom is 0.122 e. The van der Waals surface area contributed by atoms with Crippen molar-refractivity contribution in [3.05, 3.63) is 62.6 Å². The second kappa shape index (κ2) is 7.30. The van der Waals surface area contributed by atoms with E-state index in [1.54, 1.807) is 7.11 Å². The lowest BCUT2D eigenvalue weighted by Gasteiger charge is -2.19. The highest BCUT2D eigenvalue weighted by Gasteiger charge is 2.14. The van der Waals surface area contributed by atoms with Crippen LogP contribution in [0.25, 0.3) is 0 Å². The summed E-state index contributed by atoms with van der Waals surface area (Å²) >= 11 is 9.76. The predicted molar refractivity (Wildman–Crippen MR) is 92.4 cm³/mol. The number of hydrogen-bond acceptors (Lipinski definition) is 2. The fourth-order valence-electron chi connectivity index (χ4n) is 2.34. The Bertz CT molecular complexity index is 630. The first-order valence-electron chi connectivity index (χ1n) is 6.81. The Morgan fingerprint density at radius 3 is 2.62 bits per heavy atom. The van der Waals surface area contributed by atoms with Gasteiger partial charge < -0.3 is 10.1 Å². The lowest BCUT2D eigenvalue weighted by atomic mass is 9.97. The fourth-order valence-corrected chi connectivity index (χ4v) is 2.94. The Kier molecular flexibility index (Phi) is 5.68. The number of nitrogens with one attached hydrogen (secondary N) is 1. The van der Waals surface area contributed by atoms with E-state index in [1.807, 2.05) is 32.2 Å². The van der Waals surface area contributed by atoms with Crippen molar-refractivity contribution in [2.45, 2.75) is 19.4 Å². The van der Waals surface area contributed by atoms with Gasteiger partial charge in [0.05, 0.1) is 7.11 Å². The highest BCUT2D eigenvalue weighted by molar-refractivity contribution is 9.10. The standard InChI is InChI=1S/C17H19BrClNO/c1-11-4-5-12(9-15(11)19)16(20-2)10-13-8-14(18)6-7-17(13)21-3/h4-9,16,20H,10H2,1-3H3. The number of likely N-dealkylation sites (N-methyl/N-ethyl adjacent to an activating group) is 1. The summed E-state index contributed by atoms with van der Waals surface area (Å²) in [5.41, 5.74) is 3.42. The number of benzene rings is 2. The Labute approximate surface area is 139 Å². The molecule has 0 saturated heterocycles. The van der Waals surface area contributed by atoms with Crippen LogP contribution >= 0.6 is 27.5 Å². The molecule has 0 aliphatic heterocycles. The minimum absolute atomic E-state index is 0.186. The van der Waals surface area contributed by atoms with Gasteiger partial charge in [0.25, 0.3) is 0 Å². The summed E-state index contributed by atoms with van der Waals surface area (Å²) < 4.78 is 6.50. The van der Waals surface area contributed by atoms with Crippen molar-refractivity contribution in [1.82, 2.24) is 5.32 Å². The molecule has 2 aromatic rings. The van der Waals surface area contributed by atoms with Crippen molar-refractivity contribution in [2.24, 2.45) is 0 Å². The van der Waals surface area contributed by atoms with Crippen molar-refractivity contribution in [2.75, 3.05) is 14.2 Å². The van der Waals surface area contributed by atoms with Crippen molar-refractivity contribution in [3.8, 4) is 5.75 Å². The molecule has 1 N–H and O–H groups in total. The summed E-state index contributed by atoms with van der Waals surface area (Å²) in [4.78, 5) is 0. The summed E-state index contributed by atoms with van der Waals surface area (Å²) in [6, 6.07) is 12.5. The molecule has 0 radical (unpaired) electrons. The highest BCUT2D eigenvalue weighted by Crippen LogP contribution is 2.29. The highest BCUT2D eigenvalue weighted by atomic mass is 79.9. The fraction of sp³-hybridized carbons (Fsp3) is 0.294. The van der Waals surface area contributed by atoms with E-state index in [0.717, 1.165) is 32.8 Å². The average molecular weight is 369 g/mol. The van der Waals surface area contributed by atoms with E-state index in [-0.39, 0.29) is 6.04 Å². The monoisotopic (exact) mass is 367 g/mol. The summed E-state index contributed by atoms with van der Waals surface area (Å²) in [6.07, 6.45) is 0.832. The minimum Gasteiger partial charge on any atom is -0.496 e. The number of halogens is 2. The second-order valence-corrected chi connectivity index (χ2v) is 6.33. The van der Waals surface area contributed by atoms with Crippen LogP contribution in [0, 0.1) is 6.92 Å². The molecule has 0 heterocycles. The number of ether oxygens (including phenoxy) is 1. The van der Waals surface area contributed by atoms with Gasteiger partial charge in [0.2, 0.25) is 0 Å². The third-order valence-electron chi connectivity index (χ3n) is 3.61. The van der Waals surface area contributed by atoms with E-state index in [9.17, 15) is 0 Å². The van der Waals surface area contributed by atoms with E-state index in [1.165, 1.54) is 5.56 Å². The Balaban J connectivity index is 2.30. The zero-order chi connectivity index (χ0) is 15.4. The van der Waals surface area contributed by atoms with Gasteiger partial charge in [0.1, 0.15) is 5.75 Å². The van der Waals surface area contributed by atoms with Crippen LogP contribution < -0.4 is 10.1 Å². The number of aryl methyl sites for hydroxylation is 1. The molecule has 2 aromatic carbocycles. The third kappa shape index (κ3) is 4.00. The molecule has 0 spiro atoms. The minimum atomic E-state index is 0.186. The van der Waals surface area contributed by atoms with Crippen molar-refractivity contribution < 1.29 is 4.74 Å².